The van der Waals surface area contributed by atoms with Gasteiger partial charge in [0.15, 0.2) is 9.84 Å². The molecule has 0 spiro atoms. The van der Waals surface area contributed by atoms with Crippen molar-refractivity contribution in [3.8, 4) is 5.75 Å². The Bertz CT molecular complexity index is 1250. The molecule has 2 aliphatic rings. The number of sulfone groups is 1. The molecular formula is C27H37ClN2O5S2. The lowest BCUT2D eigenvalue weighted by atomic mass is 9.72. The fraction of sp³-hybridized carbons (Fsp3) is 0.593. The lowest BCUT2D eigenvalue weighted by molar-refractivity contribution is 0.0940. The third-order valence-electron chi connectivity index (χ3n) is 7.35. The summed E-state index contributed by atoms with van der Waals surface area (Å²) in [5, 5.41) is 18.2. The molecule has 0 bridgehead atoms. The van der Waals surface area contributed by atoms with Gasteiger partial charge in [0.1, 0.15) is 23.5 Å². The van der Waals surface area contributed by atoms with E-state index >= 15 is 0 Å². The van der Waals surface area contributed by atoms with Gasteiger partial charge >= 0.3 is 0 Å². The fourth-order valence-corrected chi connectivity index (χ4v) is 8.15. The highest BCUT2D eigenvalue weighted by atomic mass is 35.5. The highest BCUT2D eigenvalue weighted by Gasteiger charge is 2.35. The van der Waals surface area contributed by atoms with Crippen molar-refractivity contribution in [3.63, 3.8) is 0 Å². The topological polar surface area (TPSA) is 105 Å². The van der Waals surface area contributed by atoms with Crippen LogP contribution in [0.2, 0.25) is 5.02 Å². The Morgan fingerprint density at radius 1 is 1.30 bits per heavy atom. The number of hydrogen-bond acceptors (Lipinski definition) is 7. The van der Waals surface area contributed by atoms with Gasteiger partial charge in [-0.2, -0.15) is 0 Å². The maximum absolute atomic E-state index is 13.4. The van der Waals surface area contributed by atoms with Crippen molar-refractivity contribution >= 4 is 43.7 Å². The molecule has 1 aliphatic heterocycles. The van der Waals surface area contributed by atoms with Crippen LogP contribution >= 0.6 is 22.9 Å². The molecule has 1 saturated heterocycles. The van der Waals surface area contributed by atoms with Crippen LogP contribution < -0.4 is 15.4 Å². The number of aliphatic hydroxyl groups excluding tert-OH is 1. The van der Waals surface area contributed by atoms with E-state index < -0.39 is 15.9 Å². The van der Waals surface area contributed by atoms with Gasteiger partial charge in [-0.3, -0.25) is 4.79 Å². The molecule has 1 aromatic carbocycles. The van der Waals surface area contributed by atoms with Crippen LogP contribution in [0, 0.1) is 18.3 Å². The summed E-state index contributed by atoms with van der Waals surface area (Å²) < 4.78 is 29.5. The van der Waals surface area contributed by atoms with E-state index in [2.05, 4.69) is 31.4 Å². The molecule has 4 rings (SSSR count). The first-order valence-corrected chi connectivity index (χ1v) is 15.8. The van der Waals surface area contributed by atoms with E-state index in [9.17, 15) is 18.3 Å². The van der Waals surface area contributed by atoms with E-state index in [1.165, 1.54) is 4.88 Å². The van der Waals surface area contributed by atoms with E-state index in [1.807, 2.05) is 13.0 Å². The monoisotopic (exact) mass is 568 g/mol. The van der Waals surface area contributed by atoms with Crippen molar-refractivity contribution in [2.75, 3.05) is 30.0 Å². The number of amides is 1. The highest BCUT2D eigenvalue weighted by Crippen LogP contribution is 2.44. The summed E-state index contributed by atoms with van der Waals surface area (Å²) >= 11 is 7.64. The number of benzene rings is 1. The third kappa shape index (κ3) is 6.99. The quantitative estimate of drug-likeness (QED) is 0.429. The summed E-state index contributed by atoms with van der Waals surface area (Å²) in [6, 6.07) is 4.99. The zero-order chi connectivity index (χ0) is 27.0. The minimum Gasteiger partial charge on any atom is -0.491 e. The van der Waals surface area contributed by atoms with Gasteiger partial charge in [-0.05, 0) is 73.3 Å². The van der Waals surface area contributed by atoms with Gasteiger partial charge in [0.05, 0.1) is 17.1 Å². The van der Waals surface area contributed by atoms with Gasteiger partial charge in [0.25, 0.3) is 5.91 Å². The Hall–Kier alpha value is -1.81. The molecule has 0 saturated carbocycles. The predicted octanol–water partition coefficient (Wildman–Crippen LogP) is 4.63. The summed E-state index contributed by atoms with van der Waals surface area (Å²) in [4.78, 5) is 14.6. The van der Waals surface area contributed by atoms with E-state index in [-0.39, 0.29) is 42.0 Å². The predicted molar refractivity (Wildman–Crippen MR) is 150 cm³/mol. The number of aliphatic hydroxyl groups is 1. The van der Waals surface area contributed by atoms with Crippen LogP contribution in [-0.2, 0) is 22.7 Å². The van der Waals surface area contributed by atoms with Crippen molar-refractivity contribution in [1.82, 2.24) is 5.32 Å². The number of nitrogens with one attached hydrogen (secondary N) is 2. The van der Waals surface area contributed by atoms with Crippen LogP contribution in [0.3, 0.4) is 0 Å². The smallest absolute Gasteiger partial charge is 0.254 e. The number of ether oxygens (including phenoxy) is 1. The van der Waals surface area contributed by atoms with Gasteiger partial charge in [-0.25, -0.2) is 8.42 Å². The number of anilines is 1. The Balaban J connectivity index is 1.47. The molecule has 10 heteroatoms. The number of rotatable bonds is 8. The first kappa shape index (κ1) is 28.2. The van der Waals surface area contributed by atoms with Crippen molar-refractivity contribution in [2.24, 2.45) is 11.3 Å². The third-order valence-corrected chi connectivity index (χ3v) is 10.8. The van der Waals surface area contributed by atoms with Crippen molar-refractivity contribution in [2.45, 2.75) is 65.5 Å². The molecule has 3 unspecified atom stereocenters. The first-order chi connectivity index (χ1) is 17.3. The Kier molecular flexibility index (Phi) is 8.48. The number of carbonyl (C=O) groups excluding carboxylic acids is 1. The molecule has 2 heterocycles. The SMILES string of the molecule is Cc1cc(OCC(O)CNc2sc3c(c2C(=O)NC2CCS(=O)(=O)C2)CCC(C(C)(C)C)C3)ccc1Cl. The second-order valence-corrected chi connectivity index (χ2v) is 15.1. The Labute approximate surface area is 228 Å². The van der Waals surface area contributed by atoms with Gasteiger partial charge in [-0.1, -0.05) is 32.4 Å². The standard InChI is InChI=1S/C27H37ClN2O5S2/c1-16-11-20(6-8-22(16)28)35-14-19(31)13-29-26-24(25(32)30-18-9-10-37(33,34)15-18)21-7-5-17(27(2,3)4)12-23(21)36-26/h6,8,11,17-19,29,31H,5,7,9-10,12-15H2,1-4H3,(H,30,32). The summed E-state index contributed by atoms with van der Waals surface area (Å²) in [6.07, 6.45) is 2.36. The maximum Gasteiger partial charge on any atom is 0.254 e. The number of carbonyl (C=O) groups is 1. The average molecular weight is 569 g/mol. The van der Waals surface area contributed by atoms with Gasteiger partial charge in [-0.15, -0.1) is 11.3 Å². The van der Waals surface area contributed by atoms with Crippen molar-refractivity contribution in [3.05, 3.63) is 44.8 Å². The molecule has 37 heavy (non-hydrogen) atoms. The van der Waals surface area contributed by atoms with Crippen LogP contribution in [0.1, 0.15) is 60.0 Å². The molecule has 1 amide bonds. The molecule has 1 fully saturated rings. The normalized spacial score (nSPS) is 21.8. The van der Waals surface area contributed by atoms with Crippen LogP contribution in [0.5, 0.6) is 5.75 Å². The van der Waals surface area contributed by atoms with E-state index in [0.29, 0.717) is 28.7 Å². The number of halogens is 1. The minimum absolute atomic E-state index is 0.0137. The van der Waals surface area contributed by atoms with Gasteiger partial charge < -0.3 is 20.5 Å². The minimum atomic E-state index is -3.10. The number of thiophene rings is 1. The maximum atomic E-state index is 13.4. The van der Waals surface area contributed by atoms with E-state index in [1.54, 1.807) is 23.5 Å². The van der Waals surface area contributed by atoms with Crippen LogP contribution in [0.25, 0.3) is 0 Å². The molecule has 1 aliphatic carbocycles. The van der Waals surface area contributed by atoms with Gasteiger partial charge in [0, 0.05) is 22.5 Å². The summed E-state index contributed by atoms with van der Waals surface area (Å²) in [5.41, 5.74) is 2.71. The highest BCUT2D eigenvalue weighted by molar-refractivity contribution is 7.91. The average Bonchev–Trinajstić information content (AvgIpc) is 3.36. The molecule has 0 radical (unpaired) electrons. The Morgan fingerprint density at radius 2 is 2.05 bits per heavy atom. The van der Waals surface area contributed by atoms with Crippen molar-refractivity contribution in [1.29, 1.82) is 0 Å². The number of hydrogen-bond donors (Lipinski definition) is 3. The molecule has 3 atom stereocenters. The number of fused-ring (bicyclic) bond motifs is 1. The van der Waals surface area contributed by atoms with E-state index in [4.69, 9.17) is 16.3 Å². The molecule has 7 nitrogen and oxygen atoms in total. The van der Waals surface area contributed by atoms with Crippen LogP contribution in [0.4, 0.5) is 5.00 Å². The Morgan fingerprint density at radius 3 is 2.70 bits per heavy atom. The second kappa shape index (κ2) is 11.1. The summed E-state index contributed by atoms with van der Waals surface area (Å²) in [6.45, 7) is 8.95. The van der Waals surface area contributed by atoms with E-state index in [0.717, 1.165) is 35.4 Å². The number of aryl methyl sites for hydroxylation is 1. The largest absolute Gasteiger partial charge is 0.491 e. The molecule has 2 aromatic rings. The zero-order valence-corrected chi connectivity index (χ0v) is 24.3. The lowest BCUT2D eigenvalue weighted by Gasteiger charge is -2.33. The molecule has 204 valence electrons. The lowest BCUT2D eigenvalue weighted by Crippen LogP contribution is -2.36. The van der Waals surface area contributed by atoms with Crippen LogP contribution in [-0.4, -0.2) is 56.2 Å². The van der Waals surface area contributed by atoms with Crippen molar-refractivity contribution < 1.29 is 23.1 Å². The van der Waals surface area contributed by atoms with Gasteiger partial charge in [0.2, 0.25) is 0 Å². The zero-order valence-electron chi connectivity index (χ0n) is 21.9. The molecule has 1 aromatic heterocycles. The van der Waals surface area contributed by atoms with Crippen LogP contribution in [0.15, 0.2) is 18.2 Å². The fourth-order valence-electron chi connectivity index (χ4n) is 5.03. The summed E-state index contributed by atoms with van der Waals surface area (Å²) in [5.74, 6) is 1.01. The summed E-state index contributed by atoms with van der Waals surface area (Å²) in [7, 11) is -3.10. The molecule has 3 N–H and O–H groups in total. The second-order valence-electron chi connectivity index (χ2n) is 11.3. The first-order valence-electron chi connectivity index (χ1n) is 12.8. The molecular weight excluding hydrogens is 532 g/mol.